The predicted octanol–water partition coefficient (Wildman–Crippen LogP) is 0.901. The number of hydrogen-bond donors (Lipinski definition) is 1. The molecule has 1 aromatic rings. The highest BCUT2D eigenvalue weighted by Crippen LogP contribution is 2.18. The maximum absolute atomic E-state index is 12.3. The van der Waals surface area contributed by atoms with Crippen LogP contribution in [-0.2, 0) is 0 Å². The first-order valence-corrected chi connectivity index (χ1v) is 7.80. The molecule has 1 aliphatic carbocycles. The highest BCUT2D eigenvalue weighted by molar-refractivity contribution is 5.92. The summed E-state index contributed by atoms with van der Waals surface area (Å²) in [4.78, 5) is 25.5. The highest BCUT2D eigenvalue weighted by Gasteiger charge is 2.21. The van der Waals surface area contributed by atoms with Crippen LogP contribution in [0.2, 0.25) is 0 Å². The van der Waals surface area contributed by atoms with E-state index in [0.29, 0.717) is 17.7 Å². The van der Waals surface area contributed by atoms with Crippen LogP contribution in [0.1, 0.15) is 36.2 Å². The second kappa shape index (κ2) is 6.39. The molecule has 1 aromatic heterocycles. The number of carbonyl (C=O) groups is 1. The number of carbonyl (C=O) groups excluding carboxylic acids is 1. The van der Waals surface area contributed by atoms with Crippen molar-refractivity contribution in [1.29, 1.82) is 0 Å². The molecule has 2 aliphatic rings. The SMILES string of the molecule is CN1CCN(c2nccc(C(=O)NC3CCCC3)n2)CC1. The minimum absolute atomic E-state index is 0.0697. The van der Waals surface area contributed by atoms with Crippen LogP contribution in [0.25, 0.3) is 0 Å². The molecule has 0 atom stereocenters. The van der Waals surface area contributed by atoms with E-state index in [4.69, 9.17) is 0 Å². The number of amides is 1. The molecule has 3 rings (SSSR count). The first-order valence-electron chi connectivity index (χ1n) is 7.80. The van der Waals surface area contributed by atoms with Gasteiger partial charge in [-0.15, -0.1) is 0 Å². The molecule has 114 valence electrons. The predicted molar refractivity (Wildman–Crippen MR) is 81.5 cm³/mol. The summed E-state index contributed by atoms with van der Waals surface area (Å²) in [6.07, 6.45) is 6.27. The van der Waals surface area contributed by atoms with E-state index in [2.05, 4.69) is 32.1 Å². The van der Waals surface area contributed by atoms with Gasteiger partial charge in [-0.1, -0.05) is 12.8 Å². The summed E-state index contributed by atoms with van der Waals surface area (Å²) in [7, 11) is 2.11. The molecule has 1 aliphatic heterocycles. The Labute approximate surface area is 125 Å². The van der Waals surface area contributed by atoms with Crippen molar-refractivity contribution in [3.63, 3.8) is 0 Å². The minimum Gasteiger partial charge on any atom is -0.348 e. The zero-order valence-electron chi connectivity index (χ0n) is 12.6. The lowest BCUT2D eigenvalue weighted by Crippen LogP contribution is -2.45. The molecule has 6 heteroatoms. The molecule has 1 saturated heterocycles. The van der Waals surface area contributed by atoms with Gasteiger partial charge in [-0.3, -0.25) is 4.79 Å². The molecule has 1 amide bonds. The van der Waals surface area contributed by atoms with Gasteiger partial charge in [0.05, 0.1) is 0 Å². The summed E-state index contributed by atoms with van der Waals surface area (Å²) < 4.78 is 0. The number of hydrogen-bond acceptors (Lipinski definition) is 5. The summed E-state index contributed by atoms with van der Waals surface area (Å²) in [6.45, 7) is 3.82. The van der Waals surface area contributed by atoms with Crippen LogP contribution < -0.4 is 10.2 Å². The lowest BCUT2D eigenvalue weighted by atomic mass is 10.2. The molecule has 1 N–H and O–H groups in total. The fourth-order valence-electron chi connectivity index (χ4n) is 2.96. The summed E-state index contributed by atoms with van der Waals surface area (Å²) >= 11 is 0. The zero-order chi connectivity index (χ0) is 14.7. The largest absolute Gasteiger partial charge is 0.348 e. The van der Waals surface area contributed by atoms with E-state index in [9.17, 15) is 4.79 Å². The van der Waals surface area contributed by atoms with Gasteiger partial charge in [-0.2, -0.15) is 0 Å². The monoisotopic (exact) mass is 289 g/mol. The Bertz CT molecular complexity index is 493. The van der Waals surface area contributed by atoms with Crippen LogP contribution in [0.3, 0.4) is 0 Å². The molecule has 2 fully saturated rings. The number of nitrogens with zero attached hydrogens (tertiary/aromatic N) is 4. The van der Waals surface area contributed by atoms with E-state index in [1.807, 2.05) is 0 Å². The van der Waals surface area contributed by atoms with Crippen LogP contribution in [-0.4, -0.2) is 60.0 Å². The molecule has 1 saturated carbocycles. The highest BCUT2D eigenvalue weighted by atomic mass is 16.1. The number of piperazine rings is 1. The van der Waals surface area contributed by atoms with E-state index in [-0.39, 0.29) is 5.91 Å². The fraction of sp³-hybridized carbons (Fsp3) is 0.667. The standard InChI is InChI=1S/C15H23N5O/c1-19-8-10-20(11-9-19)15-16-7-6-13(18-15)14(21)17-12-4-2-3-5-12/h6-7,12H,2-5,8-11H2,1H3,(H,17,21). The number of aromatic nitrogens is 2. The molecule has 21 heavy (non-hydrogen) atoms. The van der Waals surface area contributed by atoms with Crippen molar-refractivity contribution in [2.75, 3.05) is 38.1 Å². The van der Waals surface area contributed by atoms with Crippen molar-refractivity contribution in [2.45, 2.75) is 31.7 Å². The molecule has 2 heterocycles. The van der Waals surface area contributed by atoms with E-state index in [1.54, 1.807) is 12.3 Å². The molecular weight excluding hydrogens is 266 g/mol. The normalized spacial score (nSPS) is 20.7. The molecule has 0 unspecified atom stereocenters. The van der Waals surface area contributed by atoms with Crippen LogP contribution in [0.15, 0.2) is 12.3 Å². The van der Waals surface area contributed by atoms with Crippen molar-refractivity contribution in [2.24, 2.45) is 0 Å². The quantitative estimate of drug-likeness (QED) is 0.896. The molecule has 0 radical (unpaired) electrons. The summed E-state index contributed by atoms with van der Waals surface area (Å²) in [5.74, 6) is 0.599. The van der Waals surface area contributed by atoms with Crippen molar-refractivity contribution >= 4 is 11.9 Å². The lowest BCUT2D eigenvalue weighted by molar-refractivity contribution is 0.0932. The Morgan fingerprint density at radius 2 is 1.95 bits per heavy atom. The fourth-order valence-corrected chi connectivity index (χ4v) is 2.96. The Morgan fingerprint density at radius 1 is 1.24 bits per heavy atom. The Hall–Kier alpha value is -1.69. The average molecular weight is 289 g/mol. The van der Waals surface area contributed by atoms with E-state index in [0.717, 1.165) is 39.0 Å². The summed E-state index contributed by atoms with van der Waals surface area (Å²) in [6, 6.07) is 2.02. The Kier molecular flexibility index (Phi) is 4.34. The second-order valence-electron chi connectivity index (χ2n) is 5.99. The maximum atomic E-state index is 12.3. The van der Waals surface area contributed by atoms with Gasteiger partial charge < -0.3 is 15.1 Å². The van der Waals surface area contributed by atoms with Crippen LogP contribution >= 0.6 is 0 Å². The van der Waals surface area contributed by atoms with Crippen LogP contribution in [0, 0.1) is 0 Å². The van der Waals surface area contributed by atoms with Crippen LogP contribution in [0.5, 0.6) is 0 Å². The van der Waals surface area contributed by atoms with Gasteiger partial charge in [-0.05, 0) is 26.0 Å². The summed E-state index contributed by atoms with van der Waals surface area (Å²) in [5.41, 5.74) is 0.478. The maximum Gasteiger partial charge on any atom is 0.270 e. The molecule has 0 bridgehead atoms. The van der Waals surface area contributed by atoms with Crippen molar-refractivity contribution in [3.05, 3.63) is 18.0 Å². The number of anilines is 1. The first-order chi connectivity index (χ1) is 10.2. The first kappa shape index (κ1) is 14.3. The smallest absolute Gasteiger partial charge is 0.270 e. The van der Waals surface area contributed by atoms with Gasteiger partial charge >= 0.3 is 0 Å². The van der Waals surface area contributed by atoms with Crippen LogP contribution in [0.4, 0.5) is 5.95 Å². The molecule has 0 aromatic carbocycles. The molecule has 0 spiro atoms. The van der Waals surface area contributed by atoms with Gasteiger partial charge in [0, 0.05) is 38.4 Å². The summed E-state index contributed by atoms with van der Waals surface area (Å²) in [5, 5.41) is 3.08. The second-order valence-corrected chi connectivity index (χ2v) is 5.99. The lowest BCUT2D eigenvalue weighted by Gasteiger charge is -2.32. The number of likely N-dealkylation sites (N-methyl/N-ethyl adjacent to an activating group) is 1. The Balaban J connectivity index is 1.66. The third-order valence-electron chi connectivity index (χ3n) is 4.35. The number of nitrogens with one attached hydrogen (secondary N) is 1. The minimum atomic E-state index is -0.0697. The van der Waals surface area contributed by atoms with Gasteiger partial charge in [0.2, 0.25) is 5.95 Å². The van der Waals surface area contributed by atoms with Gasteiger partial charge in [0.25, 0.3) is 5.91 Å². The third kappa shape index (κ3) is 3.50. The van der Waals surface area contributed by atoms with Gasteiger partial charge in [0.1, 0.15) is 5.69 Å². The van der Waals surface area contributed by atoms with Crippen molar-refractivity contribution in [3.8, 4) is 0 Å². The number of rotatable bonds is 3. The topological polar surface area (TPSA) is 61.4 Å². The van der Waals surface area contributed by atoms with E-state index in [1.165, 1.54) is 12.8 Å². The van der Waals surface area contributed by atoms with Gasteiger partial charge in [-0.25, -0.2) is 9.97 Å². The molecular formula is C15H23N5O. The zero-order valence-corrected chi connectivity index (χ0v) is 12.6. The Morgan fingerprint density at radius 3 is 2.67 bits per heavy atom. The van der Waals surface area contributed by atoms with E-state index < -0.39 is 0 Å². The average Bonchev–Trinajstić information content (AvgIpc) is 3.01. The van der Waals surface area contributed by atoms with Gasteiger partial charge in [0.15, 0.2) is 0 Å². The van der Waals surface area contributed by atoms with E-state index >= 15 is 0 Å². The van der Waals surface area contributed by atoms with Crippen molar-refractivity contribution < 1.29 is 4.79 Å². The third-order valence-corrected chi connectivity index (χ3v) is 4.35. The molecule has 6 nitrogen and oxygen atoms in total. The van der Waals surface area contributed by atoms with Crippen molar-refractivity contribution in [1.82, 2.24) is 20.2 Å².